The second-order valence-corrected chi connectivity index (χ2v) is 5.52. The van der Waals surface area contributed by atoms with Crippen LogP contribution in [0.4, 0.5) is 0 Å². The van der Waals surface area contributed by atoms with Gasteiger partial charge in [0.05, 0.1) is 25.8 Å². The third kappa shape index (κ3) is 3.02. The summed E-state index contributed by atoms with van der Waals surface area (Å²) in [6.45, 7) is 8.87. The first-order valence-corrected chi connectivity index (χ1v) is 6.85. The Morgan fingerprint density at radius 3 is 2.56 bits per heavy atom. The Kier molecular flexibility index (Phi) is 4.25. The molecule has 0 aromatic carbocycles. The van der Waals surface area contributed by atoms with Crippen molar-refractivity contribution in [3.63, 3.8) is 0 Å². The molecule has 1 N–H and O–H groups in total. The zero-order chi connectivity index (χ0) is 13.2. The van der Waals surface area contributed by atoms with Crippen LogP contribution in [-0.2, 0) is 14.3 Å². The van der Waals surface area contributed by atoms with Gasteiger partial charge in [0.1, 0.15) is 0 Å². The Balaban J connectivity index is 1.93. The highest BCUT2D eigenvalue weighted by Crippen LogP contribution is 2.30. The molecule has 5 heteroatoms. The minimum atomic E-state index is -0.454. The molecule has 0 radical (unpaired) electrons. The number of rotatable bonds is 3. The van der Waals surface area contributed by atoms with Crippen molar-refractivity contribution in [2.75, 3.05) is 26.3 Å². The fraction of sp³-hybridized carbons (Fsp3) is 0.923. The summed E-state index contributed by atoms with van der Waals surface area (Å²) >= 11 is 0. The van der Waals surface area contributed by atoms with Gasteiger partial charge >= 0.3 is 0 Å². The largest absolute Gasteiger partial charge is 0.353 e. The van der Waals surface area contributed by atoms with Crippen molar-refractivity contribution in [3.05, 3.63) is 0 Å². The van der Waals surface area contributed by atoms with Crippen LogP contribution in [0.5, 0.6) is 0 Å². The lowest BCUT2D eigenvalue weighted by Crippen LogP contribution is -2.56. The first-order chi connectivity index (χ1) is 8.52. The molecular formula is C13H24N2O3. The van der Waals surface area contributed by atoms with Crippen LogP contribution in [0.2, 0.25) is 0 Å². The Labute approximate surface area is 109 Å². The lowest BCUT2D eigenvalue weighted by Gasteiger charge is -2.40. The van der Waals surface area contributed by atoms with Crippen molar-refractivity contribution < 1.29 is 14.3 Å². The van der Waals surface area contributed by atoms with E-state index >= 15 is 0 Å². The van der Waals surface area contributed by atoms with Crippen molar-refractivity contribution in [1.29, 1.82) is 0 Å². The van der Waals surface area contributed by atoms with E-state index < -0.39 is 5.79 Å². The molecule has 0 aromatic rings. The second kappa shape index (κ2) is 5.55. The maximum absolute atomic E-state index is 12.0. The van der Waals surface area contributed by atoms with Crippen LogP contribution in [0, 0.1) is 0 Å². The number of carbonyl (C=O) groups excluding carboxylic acids is 1. The number of carbonyl (C=O) groups is 1. The van der Waals surface area contributed by atoms with Gasteiger partial charge in [0.2, 0.25) is 5.91 Å². The van der Waals surface area contributed by atoms with E-state index in [1.54, 1.807) is 0 Å². The quantitative estimate of drug-likeness (QED) is 0.809. The minimum absolute atomic E-state index is 0.0834. The lowest BCUT2D eigenvalue weighted by molar-refractivity contribution is -0.193. The predicted octanol–water partition coefficient (Wildman–Crippen LogP) is 0.738. The van der Waals surface area contributed by atoms with Crippen molar-refractivity contribution in [3.8, 4) is 0 Å². The van der Waals surface area contributed by atoms with E-state index in [0.29, 0.717) is 19.8 Å². The zero-order valence-corrected chi connectivity index (χ0v) is 11.6. The van der Waals surface area contributed by atoms with E-state index in [1.807, 2.05) is 20.8 Å². The van der Waals surface area contributed by atoms with Crippen molar-refractivity contribution in [1.82, 2.24) is 10.2 Å². The summed E-state index contributed by atoms with van der Waals surface area (Å²) in [4.78, 5) is 14.2. The van der Waals surface area contributed by atoms with Crippen LogP contribution in [0.15, 0.2) is 0 Å². The molecule has 2 rings (SSSR count). The normalized spacial score (nSPS) is 25.6. The maximum atomic E-state index is 12.0. The van der Waals surface area contributed by atoms with Gasteiger partial charge < -0.3 is 14.8 Å². The Morgan fingerprint density at radius 1 is 1.28 bits per heavy atom. The van der Waals surface area contributed by atoms with Crippen LogP contribution in [0.25, 0.3) is 0 Å². The van der Waals surface area contributed by atoms with Crippen molar-refractivity contribution >= 4 is 5.91 Å². The molecule has 0 aromatic heterocycles. The number of ether oxygens (including phenoxy) is 2. The molecule has 1 amide bonds. The second-order valence-electron chi connectivity index (χ2n) is 5.52. The van der Waals surface area contributed by atoms with Crippen LogP contribution < -0.4 is 5.32 Å². The summed E-state index contributed by atoms with van der Waals surface area (Å²) in [7, 11) is 0. The Bertz CT molecular complexity index is 301. The number of nitrogens with one attached hydrogen (secondary N) is 1. The van der Waals surface area contributed by atoms with E-state index in [9.17, 15) is 4.79 Å². The van der Waals surface area contributed by atoms with Crippen molar-refractivity contribution in [2.45, 2.75) is 51.5 Å². The summed E-state index contributed by atoms with van der Waals surface area (Å²) in [5.74, 6) is -0.370. The fourth-order valence-electron chi connectivity index (χ4n) is 2.65. The van der Waals surface area contributed by atoms with E-state index in [1.165, 1.54) is 0 Å². The smallest absolute Gasteiger partial charge is 0.237 e. The minimum Gasteiger partial charge on any atom is -0.353 e. The lowest BCUT2D eigenvalue weighted by atomic mass is 10.0. The third-order valence-corrected chi connectivity index (χ3v) is 3.62. The molecule has 5 nitrogen and oxygen atoms in total. The number of hydrogen-bond donors (Lipinski definition) is 1. The van der Waals surface area contributed by atoms with Gasteiger partial charge in [-0.2, -0.15) is 0 Å². The van der Waals surface area contributed by atoms with Gasteiger partial charge in [-0.05, 0) is 33.7 Å². The number of likely N-dealkylation sites (tertiary alicyclic amines) is 1. The van der Waals surface area contributed by atoms with Crippen LogP contribution in [0.1, 0.15) is 33.6 Å². The first kappa shape index (κ1) is 13.8. The highest BCUT2D eigenvalue weighted by atomic mass is 16.7. The van der Waals surface area contributed by atoms with E-state index in [2.05, 4.69) is 10.2 Å². The molecule has 2 fully saturated rings. The highest BCUT2D eigenvalue weighted by molar-refractivity contribution is 5.81. The van der Waals surface area contributed by atoms with Gasteiger partial charge in [0, 0.05) is 12.5 Å². The molecule has 2 saturated heterocycles. The first-order valence-electron chi connectivity index (χ1n) is 6.85. The number of nitrogens with zero attached hydrogens (tertiary/aromatic N) is 1. The average molecular weight is 256 g/mol. The zero-order valence-electron chi connectivity index (χ0n) is 11.6. The molecule has 2 aliphatic rings. The summed E-state index contributed by atoms with van der Waals surface area (Å²) in [6, 6.07) is 0.0510. The molecule has 1 spiro atoms. The monoisotopic (exact) mass is 256 g/mol. The standard InChI is InChI=1S/C13H24N2O3/c1-10(2)14-12(16)11(3)15-6-4-5-13(9-15)17-7-8-18-13/h10-11H,4-9H2,1-3H3,(H,14,16). The maximum Gasteiger partial charge on any atom is 0.237 e. The van der Waals surface area contributed by atoms with Crippen LogP contribution in [0.3, 0.4) is 0 Å². The van der Waals surface area contributed by atoms with Crippen LogP contribution >= 0.6 is 0 Å². The summed E-state index contributed by atoms with van der Waals surface area (Å²) in [6.07, 6.45) is 1.95. The summed E-state index contributed by atoms with van der Waals surface area (Å²) < 4.78 is 11.5. The summed E-state index contributed by atoms with van der Waals surface area (Å²) in [5.41, 5.74) is 0. The average Bonchev–Trinajstić information content (AvgIpc) is 2.75. The Hall–Kier alpha value is -0.650. The van der Waals surface area contributed by atoms with Gasteiger partial charge in [-0.25, -0.2) is 0 Å². The predicted molar refractivity (Wildman–Crippen MR) is 68.2 cm³/mol. The number of piperidine rings is 1. The SMILES string of the molecule is CC(C)NC(=O)C(C)N1CCCC2(C1)OCCO2. The highest BCUT2D eigenvalue weighted by Gasteiger charge is 2.42. The van der Waals surface area contributed by atoms with Gasteiger partial charge in [-0.15, -0.1) is 0 Å². The third-order valence-electron chi connectivity index (χ3n) is 3.62. The van der Waals surface area contributed by atoms with Gasteiger partial charge in [-0.1, -0.05) is 0 Å². The van der Waals surface area contributed by atoms with Gasteiger partial charge in [-0.3, -0.25) is 9.69 Å². The fourth-order valence-corrected chi connectivity index (χ4v) is 2.65. The molecular weight excluding hydrogens is 232 g/mol. The molecule has 1 unspecified atom stereocenters. The molecule has 0 saturated carbocycles. The topological polar surface area (TPSA) is 50.8 Å². The van der Waals surface area contributed by atoms with E-state index in [0.717, 1.165) is 19.4 Å². The van der Waals surface area contributed by atoms with Crippen LogP contribution in [-0.4, -0.2) is 55.0 Å². The molecule has 104 valence electrons. The molecule has 18 heavy (non-hydrogen) atoms. The number of amides is 1. The molecule has 2 heterocycles. The van der Waals surface area contributed by atoms with Crippen molar-refractivity contribution in [2.24, 2.45) is 0 Å². The van der Waals surface area contributed by atoms with Gasteiger partial charge in [0.15, 0.2) is 5.79 Å². The molecule has 0 bridgehead atoms. The molecule has 0 aliphatic carbocycles. The molecule has 2 aliphatic heterocycles. The van der Waals surface area contributed by atoms with Gasteiger partial charge in [0.25, 0.3) is 0 Å². The summed E-state index contributed by atoms with van der Waals surface area (Å²) in [5, 5.41) is 2.96. The van der Waals surface area contributed by atoms with E-state index in [4.69, 9.17) is 9.47 Å². The van der Waals surface area contributed by atoms with E-state index in [-0.39, 0.29) is 18.0 Å². The Morgan fingerprint density at radius 2 is 1.94 bits per heavy atom. The molecule has 1 atom stereocenters. The number of hydrogen-bond acceptors (Lipinski definition) is 4.